The summed E-state index contributed by atoms with van der Waals surface area (Å²) >= 11 is 0. The summed E-state index contributed by atoms with van der Waals surface area (Å²) in [4.78, 5) is 33.0. The smallest absolute Gasteiger partial charge is 0.338 e. The molecule has 0 unspecified atom stereocenters. The molecule has 1 amide bonds. The van der Waals surface area contributed by atoms with Crippen LogP contribution in [0.5, 0.6) is 0 Å². The van der Waals surface area contributed by atoms with E-state index in [0.29, 0.717) is 31.0 Å². The quantitative estimate of drug-likeness (QED) is 0.626. The highest BCUT2D eigenvalue weighted by atomic mass is 16.5. The van der Waals surface area contributed by atoms with Crippen molar-refractivity contribution < 1.29 is 14.3 Å². The Morgan fingerprint density at radius 3 is 2.67 bits per heavy atom. The fourth-order valence-electron chi connectivity index (χ4n) is 4.21. The summed E-state index contributed by atoms with van der Waals surface area (Å²) < 4.78 is 5.08. The number of ether oxygens (including phenoxy) is 1. The Labute approximate surface area is 191 Å². The first-order valence-electron chi connectivity index (χ1n) is 11.1. The van der Waals surface area contributed by atoms with Gasteiger partial charge in [-0.2, -0.15) is 0 Å². The van der Waals surface area contributed by atoms with Gasteiger partial charge in [-0.3, -0.25) is 9.69 Å². The molecule has 1 aromatic heterocycles. The van der Waals surface area contributed by atoms with Gasteiger partial charge in [0.15, 0.2) is 5.82 Å². The lowest BCUT2D eigenvalue weighted by atomic mass is 10.0. The van der Waals surface area contributed by atoms with Crippen molar-refractivity contribution in [2.45, 2.75) is 19.4 Å². The van der Waals surface area contributed by atoms with Crippen LogP contribution in [0.25, 0.3) is 0 Å². The van der Waals surface area contributed by atoms with Crippen LogP contribution in [0.4, 0.5) is 5.82 Å². The third-order valence-electron chi connectivity index (χ3n) is 6.15. The molecule has 33 heavy (non-hydrogen) atoms. The van der Waals surface area contributed by atoms with E-state index in [4.69, 9.17) is 4.74 Å². The molecule has 0 radical (unpaired) electrons. The van der Waals surface area contributed by atoms with E-state index in [1.165, 1.54) is 5.56 Å². The maximum absolute atomic E-state index is 12.8. The van der Waals surface area contributed by atoms with Gasteiger partial charge < -0.3 is 9.64 Å². The van der Waals surface area contributed by atoms with Crippen LogP contribution in [0.15, 0.2) is 52.1 Å². The van der Waals surface area contributed by atoms with Crippen molar-refractivity contribution in [2.24, 2.45) is 15.5 Å². The topological polar surface area (TPSA) is 103 Å². The van der Waals surface area contributed by atoms with Crippen molar-refractivity contribution >= 4 is 23.9 Å². The summed E-state index contributed by atoms with van der Waals surface area (Å²) in [6, 6.07) is 9.70. The van der Waals surface area contributed by atoms with Gasteiger partial charge >= 0.3 is 5.97 Å². The number of piperazine rings is 1. The minimum Gasteiger partial charge on any atom is -0.457 e. The minimum absolute atomic E-state index is 0.122. The van der Waals surface area contributed by atoms with Crippen LogP contribution in [0.2, 0.25) is 0 Å². The van der Waals surface area contributed by atoms with Crippen LogP contribution in [-0.2, 0) is 29.0 Å². The highest BCUT2D eigenvalue weighted by molar-refractivity contribution is 5.93. The van der Waals surface area contributed by atoms with Crippen molar-refractivity contribution in [2.75, 3.05) is 44.3 Å². The Morgan fingerprint density at radius 1 is 1.06 bits per heavy atom. The zero-order chi connectivity index (χ0) is 22.6. The van der Waals surface area contributed by atoms with E-state index >= 15 is 0 Å². The predicted molar refractivity (Wildman–Crippen MR) is 121 cm³/mol. The average Bonchev–Trinajstić information content (AvgIpc) is 3.24. The van der Waals surface area contributed by atoms with E-state index < -0.39 is 0 Å². The number of benzene rings is 1. The molecular weight excluding hydrogens is 422 g/mol. The molecule has 3 aliphatic heterocycles. The zero-order valence-electron chi connectivity index (χ0n) is 18.3. The number of aromatic nitrogens is 1. The number of amides is 1. The van der Waals surface area contributed by atoms with Crippen molar-refractivity contribution in [3.63, 3.8) is 0 Å². The second-order valence-electron chi connectivity index (χ2n) is 8.30. The van der Waals surface area contributed by atoms with E-state index in [9.17, 15) is 9.59 Å². The van der Waals surface area contributed by atoms with Gasteiger partial charge in [-0.15, -0.1) is 5.10 Å². The van der Waals surface area contributed by atoms with Gasteiger partial charge in [-0.25, -0.2) is 14.8 Å². The standard InChI is InChI=1S/C23H25N7O3/c31-22(14-18-2-4-21(24-15-18)30-8-6-25-26-27-30)29-11-9-28(10-12-29)7-5-17-1-3-20-19(13-17)16-33-23(20)32/h1-4,6,13,15H,5,7-12,14,16H2. The molecule has 0 N–H and O–H groups in total. The normalized spacial score (nSPS) is 17.9. The lowest BCUT2D eigenvalue weighted by Gasteiger charge is -2.34. The molecule has 1 saturated heterocycles. The van der Waals surface area contributed by atoms with Crippen LogP contribution < -0.4 is 5.01 Å². The average molecular weight is 447 g/mol. The number of nitrogens with zero attached hydrogens (tertiary/aromatic N) is 7. The molecular formula is C23H25N7O3. The number of hydrogen-bond acceptors (Lipinski definition) is 9. The van der Waals surface area contributed by atoms with Crippen molar-refractivity contribution in [3.8, 4) is 0 Å². The molecule has 0 bridgehead atoms. The number of esters is 1. The first kappa shape index (κ1) is 21.2. The van der Waals surface area contributed by atoms with Crippen molar-refractivity contribution in [1.82, 2.24) is 14.8 Å². The number of carbonyl (C=O) groups is 2. The molecule has 1 fully saturated rings. The Hall–Kier alpha value is -3.66. The van der Waals surface area contributed by atoms with E-state index in [1.807, 2.05) is 29.2 Å². The molecule has 1 aromatic carbocycles. The molecule has 5 rings (SSSR count). The third-order valence-corrected chi connectivity index (χ3v) is 6.15. The molecule has 10 heteroatoms. The Kier molecular flexibility index (Phi) is 6.07. The van der Waals surface area contributed by atoms with Crippen LogP contribution >= 0.6 is 0 Å². The first-order valence-corrected chi connectivity index (χ1v) is 11.1. The van der Waals surface area contributed by atoms with Crippen LogP contribution in [-0.4, -0.2) is 72.1 Å². The van der Waals surface area contributed by atoms with Gasteiger partial charge in [0.2, 0.25) is 5.91 Å². The second-order valence-corrected chi connectivity index (χ2v) is 8.30. The number of anilines is 1. The molecule has 0 aliphatic carbocycles. The van der Waals surface area contributed by atoms with Gasteiger partial charge in [0.25, 0.3) is 0 Å². The Morgan fingerprint density at radius 2 is 1.91 bits per heavy atom. The largest absolute Gasteiger partial charge is 0.457 e. The van der Waals surface area contributed by atoms with Crippen LogP contribution in [0.1, 0.15) is 27.0 Å². The molecule has 3 aliphatic rings. The number of hydrogen-bond donors (Lipinski definition) is 0. The van der Waals surface area contributed by atoms with Gasteiger partial charge in [0.1, 0.15) is 6.61 Å². The number of pyridine rings is 1. The fraction of sp³-hybridized carbons (Fsp3) is 0.391. The summed E-state index contributed by atoms with van der Waals surface area (Å²) in [5.41, 5.74) is 3.75. The number of carbonyl (C=O) groups excluding carboxylic acids is 2. The number of cyclic esters (lactones) is 1. The van der Waals surface area contributed by atoms with Gasteiger partial charge in [-0.1, -0.05) is 18.2 Å². The third kappa shape index (κ3) is 4.90. The monoisotopic (exact) mass is 447 g/mol. The number of fused-ring (bicyclic) bond motifs is 1. The highest BCUT2D eigenvalue weighted by Crippen LogP contribution is 2.21. The Bertz CT molecular complexity index is 1090. The Balaban J connectivity index is 1.07. The molecule has 4 heterocycles. The lowest BCUT2D eigenvalue weighted by molar-refractivity contribution is -0.132. The molecule has 10 nitrogen and oxygen atoms in total. The van der Waals surface area contributed by atoms with Gasteiger partial charge in [-0.05, 0) is 40.1 Å². The number of rotatable bonds is 6. The summed E-state index contributed by atoms with van der Waals surface area (Å²) in [5, 5.41) is 12.9. The zero-order valence-corrected chi connectivity index (χ0v) is 18.3. The minimum atomic E-state index is -0.229. The van der Waals surface area contributed by atoms with E-state index in [1.54, 1.807) is 17.4 Å². The van der Waals surface area contributed by atoms with E-state index in [0.717, 1.165) is 50.3 Å². The van der Waals surface area contributed by atoms with Crippen molar-refractivity contribution in [3.05, 3.63) is 58.8 Å². The molecule has 170 valence electrons. The first-order chi connectivity index (χ1) is 16.2. The summed E-state index contributed by atoms with van der Waals surface area (Å²) in [5.74, 6) is 0.571. The second kappa shape index (κ2) is 9.45. The summed E-state index contributed by atoms with van der Waals surface area (Å²) in [7, 11) is 0. The molecule has 0 spiro atoms. The van der Waals surface area contributed by atoms with Crippen molar-refractivity contribution in [1.29, 1.82) is 0 Å². The molecule has 0 atom stereocenters. The van der Waals surface area contributed by atoms with Crippen LogP contribution in [0, 0.1) is 0 Å². The van der Waals surface area contributed by atoms with E-state index in [2.05, 4.69) is 31.5 Å². The fourth-order valence-corrected chi connectivity index (χ4v) is 4.21. The van der Waals surface area contributed by atoms with E-state index in [-0.39, 0.29) is 11.9 Å². The maximum Gasteiger partial charge on any atom is 0.338 e. The molecule has 2 aromatic rings. The van der Waals surface area contributed by atoms with Crippen LogP contribution in [0.3, 0.4) is 0 Å². The van der Waals surface area contributed by atoms with Gasteiger partial charge in [0, 0.05) is 44.5 Å². The molecule has 0 saturated carbocycles. The highest BCUT2D eigenvalue weighted by Gasteiger charge is 2.23. The van der Waals surface area contributed by atoms with Gasteiger partial charge in [0.05, 0.1) is 24.7 Å². The summed E-state index contributed by atoms with van der Waals surface area (Å²) in [6.07, 6.45) is 4.64. The SMILES string of the molecule is O=C1OCc2cc(CCN3CCN(C(=O)Cc4ccc(N5CC=NN=N5)nc4)CC3)ccc21. The maximum atomic E-state index is 12.8. The summed E-state index contributed by atoms with van der Waals surface area (Å²) in [6.45, 7) is 5.00. The predicted octanol–water partition coefficient (Wildman–Crippen LogP) is 1.85. The lowest BCUT2D eigenvalue weighted by Crippen LogP contribution is -2.49.